The van der Waals surface area contributed by atoms with Crippen LogP contribution in [0.25, 0.3) is 0 Å². The lowest BCUT2D eigenvalue weighted by Crippen LogP contribution is -2.39. The molecule has 4 nitrogen and oxygen atoms in total. The van der Waals surface area contributed by atoms with E-state index in [1.807, 2.05) is 47.4 Å². The number of nitrogens with zero attached hydrogens (tertiary/aromatic N) is 2. The molecule has 0 spiro atoms. The van der Waals surface area contributed by atoms with Gasteiger partial charge in [0, 0.05) is 18.2 Å². The van der Waals surface area contributed by atoms with Crippen LogP contribution < -0.4 is 4.74 Å². The zero-order chi connectivity index (χ0) is 18.4. The average molecular weight is 369 g/mol. The maximum atomic E-state index is 12.9. The number of carbonyl (C=O) groups is 1. The molecule has 26 heavy (non-hydrogen) atoms. The van der Waals surface area contributed by atoms with Crippen LogP contribution in [-0.4, -0.2) is 34.9 Å². The minimum absolute atomic E-state index is 0.151. The van der Waals surface area contributed by atoms with Crippen molar-refractivity contribution in [1.82, 2.24) is 4.90 Å². The Bertz CT molecular complexity index is 759. The van der Waals surface area contributed by atoms with E-state index in [4.69, 9.17) is 9.73 Å². The quantitative estimate of drug-likeness (QED) is 0.744. The van der Waals surface area contributed by atoms with Crippen molar-refractivity contribution in [2.45, 2.75) is 32.2 Å². The maximum absolute atomic E-state index is 12.9. The topological polar surface area (TPSA) is 41.9 Å². The number of aliphatic imine (C=N–C) groups is 1. The van der Waals surface area contributed by atoms with Crippen molar-refractivity contribution in [2.24, 2.45) is 4.99 Å². The summed E-state index contributed by atoms with van der Waals surface area (Å²) in [5.41, 5.74) is 2.03. The van der Waals surface area contributed by atoms with E-state index in [9.17, 15) is 4.79 Å². The van der Waals surface area contributed by atoms with Crippen LogP contribution in [0.2, 0.25) is 0 Å². The van der Waals surface area contributed by atoms with Gasteiger partial charge in [0.2, 0.25) is 5.91 Å². The standard InChI is InChI=1S/C21H24N2O2S/c1-3-18-15-26-21(22-17-10-12-19(25-2)13-11-17)23(18)20(24)14-9-16-7-5-4-6-8-16/h4-8,10-13,18H,3,9,14-15H2,1-2H3/t18-/m1/s1. The second kappa shape index (κ2) is 8.90. The van der Waals surface area contributed by atoms with Crippen molar-refractivity contribution in [2.75, 3.05) is 12.9 Å². The van der Waals surface area contributed by atoms with Crippen molar-refractivity contribution in [3.05, 3.63) is 60.2 Å². The Kier molecular flexibility index (Phi) is 6.34. The van der Waals surface area contributed by atoms with Crippen LogP contribution in [0.5, 0.6) is 5.75 Å². The predicted octanol–water partition coefficient (Wildman–Crippen LogP) is 4.67. The number of ether oxygens (including phenoxy) is 1. The van der Waals surface area contributed by atoms with Gasteiger partial charge in [-0.3, -0.25) is 9.69 Å². The summed E-state index contributed by atoms with van der Waals surface area (Å²) in [6.45, 7) is 2.12. The van der Waals surface area contributed by atoms with Gasteiger partial charge in [-0.25, -0.2) is 4.99 Å². The summed E-state index contributed by atoms with van der Waals surface area (Å²) in [7, 11) is 1.65. The van der Waals surface area contributed by atoms with Gasteiger partial charge in [0.1, 0.15) is 5.75 Å². The van der Waals surface area contributed by atoms with Gasteiger partial charge in [0.25, 0.3) is 0 Å². The summed E-state index contributed by atoms with van der Waals surface area (Å²) in [5.74, 6) is 1.86. The molecule has 0 aromatic heterocycles. The van der Waals surface area contributed by atoms with Crippen LogP contribution in [0.1, 0.15) is 25.3 Å². The van der Waals surface area contributed by atoms with E-state index in [-0.39, 0.29) is 11.9 Å². The van der Waals surface area contributed by atoms with Gasteiger partial charge in [0.15, 0.2) is 5.17 Å². The van der Waals surface area contributed by atoms with Gasteiger partial charge in [-0.05, 0) is 42.7 Å². The summed E-state index contributed by atoms with van der Waals surface area (Å²) < 4.78 is 5.19. The van der Waals surface area contributed by atoms with E-state index in [0.717, 1.165) is 35.2 Å². The molecule has 0 unspecified atom stereocenters. The van der Waals surface area contributed by atoms with Crippen molar-refractivity contribution >= 4 is 28.5 Å². The molecular formula is C21H24N2O2S. The third kappa shape index (κ3) is 4.47. The number of rotatable bonds is 6. The molecule has 1 amide bonds. The fraction of sp³-hybridized carbons (Fsp3) is 0.333. The maximum Gasteiger partial charge on any atom is 0.229 e. The van der Waals surface area contributed by atoms with Crippen molar-refractivity contribution in [1.29, 1.82) is 0 Å². The first-order valence-electron chi connectivity index (χ1n) is 8.92. The molecule has 1 atom stereocenters. The van der Waals surface area contributed by atoms with Gasteiger partial charge < -0.3 is 4.74 Å². The number of benzene rings is 2. The Labute approximate surface area is 159 Å². The Hall–Kier alpha value is -2.27. The molecule has 2 aromatic carbocycles. The van der Waals surface area contributed by atoms with Crippen molar-refractivity contribution in [3.8, 4) is 5.75 Å². The first kappa shape index (κ1) is 18.5. The number of hydrogen-bond donors (Lipinski definition) is 0. The number of hydrogen-bond acceptors (Lipinski definition) is 4. The van der Waals surface area contributed by atoms with E-state index in [0.29, 0.717) is 6.42 Å². The summed E-state index contributed by atoms with van der Waals surface area (Å²) >= 11 is 1.66. The average Bonchev–Trinajstić information content (AvgIpc) is 3.10. The molecule has 1 aliphatic heterocycles. The Morgan fingerprint density at radius 1 is 1.19 bits per heavy atom. The Balaban J connectivity index is 1.74. The fourth-order valence-corrected chi connectivity index (χ4v) is 4.24. The SMILES string of the molecule is CC[C@@H]1CSC(=Nc2ccc(OC)cc2)N1C(=O)CCc1ccccc1. The van der Waals surface area contributed by atoms with Crippen molar-refractivity contribution in [3.63, 3.8) is 0 Å². The number of amidine groups is 1. The van der Waals surface area contributed by atoms with Gasteiger partial charge in [-0.15, -0.1) is 0 Å². The van der Waals surface area contributed by atoms with Crippen LogP contribution in [0.15, 0.2) is 59.6 Å². The van der Waals surface area contributed by atoms with Gasteiger partial charge in [0.05, 0.1) is 12.8 Å². The van der Waals surface area contributed by atoms with E-state index >= 15 is 0 Å². The second-order valence-electron chi connectivity index (χ2n) is 6.21. The minimum atomic E-state index is 0.151. The van der Waals surface area contributed by atoms with Crippen molar-refractivity contribution < 1.29 is 9.53 Å². The molecule has 5 heteroatoms. The molecular weight excluding hydrogens is 344 g/mol. The molecule has 0 saturated carbocycles. The highest BCUT2D eigenvalue weighted by Gasteiger charge is 2.33. The molecule has 136 valence electrons. The van der Waals surface area contributed by atoms with Crippen LogP contribution >= 0.6 is 11.8 Å². The first-order chi connectivity index (χ1) is 12.7. The lowest BCUT2D eigenvalue weighted by Gasteiger charge is -2.23. The molecule has 1 aliphatic rings. The lowest BCUT2D eigenvalue weighted by molar-refractivity contribution is -0.128. The third-order valence-corrected chi connectivity index (χ3v) is 5.58. The van der Waals surface area contributed by atoms with Crippen LogP contribution in [0.3, 0.4) is 0 Å². The summed E-state index contributed by atoms with van der Waals surface area (Å²) in [6, 6.07) is 18.0. The van der Waals surface area contributed by atoms with Gasteiger partial charge in [-0.2, -0.15) is 0 Å². The van der Waals surface area contributed by atoms with Gasteiger partial charge in [-0.1, -0.05) is 49.0 Å². The largest absolute Gasteiger partial charge is 0.497 e. The third-order valence-electron chi connectivity index (χ3n) is 4.48. The molecule has 1 heterocycles. The normalized spacial score (nSPS) is 18.3. The van der Waals surface area contributed by atoms with E-state index in [2.05, 4.69) is 19.1 Å². The molecule has 3 rings (SSSR count). The summed E-state index contributed by atoms with van der Waals surface area (Å²) in [5, 5.41) is 0.806. The number of thioether (sulfide) groups is 1. The second-order valence-corrected chi connectivity index (χ2v) is 7.20. The smallest absolute Gasteiger partial charge is 0.229 e. The molecule has 0 bridgehead atoms. The Morgan fingerprint density at radius 2 is 1.92 bits per heavy atom. The number of aryl methyl sites for hydroxylation is 1. The van der Waals surface area contributed by atoms with Crippen LogP contribution in [-0.2, 0) is 11.2 Å². The van der Waals surface area contributed by atoms with Gasteiger partial charge >= 0.3 is 0 Å². The number of methoxy groups -OCH3 is 1. The zero-order valence-electron chi connectivity index (χ0n) is 15.2. The van der Waals surface area contributed by atoms with Crippen LogP contribution in [0.4, 0.5) is 5.69 Å². The summed E-state index contributed by atoms with van der Waals surface area (Å²) in [4.78, 5) is 19.5. The fourth-order valence-electron chi connectivity index (χ4n) is 2.95. The number of amides is 1. The highest BCUT2D eigenvalue weighted by Crippen LogP contribution is 2.30. The predicted molar refractivity (Wildman–Crippen MR) is 108 cm³/mol. The lowest BCUT2D eigenvalue weighted by atomic mass is 10.1. The number of carbonyl (C=O) groups excluding carboxylic acids is 1. The summed E-state index contributed by atoms with van der Waals surface area (Å²) in [6.07, 6.45) is 2.20. The molecule has 1 saturated heterocycles. The van der Waals surface area contributed by atoms with Crippen LogP contribution in [0, 0.1) is 0 Å². The van der Waals surface area contributed by atoms with E-state index in [1.54, 1.807) is 18.9 Å². The Morgan fingerprint density at radius 3 is 2.58 bits per heavy atom. The minimum Gasteiger partial charge on any atom is -0.497 e. The molecule has 0 N–H and O–H groups in total. The van der Waals surface area contributed by atoms with E-state index in [1.165, 1.54) is 5.56 Å². The highest BCUT2D eigenvalue weighted by atomic mass is 32.2. The monoisotopic (exact) mass is 368 g/mol. The van der Waals surface area contributed by atoms with E-state index < -0.39 is 0 Å². The zero-order valence-corrected chi connectivity index (χ0v) is 16.0. The molecule has 0 radical (unpaired) electrons. The molecule has 1 fully saturated rings. The molecule has 2 aromatic rings. The molecule has 0 aliphatic carbocycles. The highest BCUT2D eigenvalue weighted by molar-refractivity contribution is 8.14. The first-order valence-corrected chi connectivity index (χ1v) is 9.91.